The molecule has 2 rings (SSSR count). The summed E-state index contributed by atoms with van der Waals surface area (Å²) in [6.45, 7) is 16.9. The molecule has 142 valence electrons. The highest BCUT2D eigenvalue weighted by Crippen LogP contribution is 2.31. The third kappa shape index (κ3) is 4.35. The Morgan fingerprint density at radius 3 is 2.00 bits per heavy atom. The Labute approximate surface area is 157 Å². The molecule has 2 aromatic rings. The van der Waals surface area contributed by atoms with E-state index in [4.69, 9.17) is 5.10 Å². The molecule has 0 saturated heterocycles. The minimum absolute atomic E-state index is 0.0340. The molecular formula is C22H32N2O2. The van der Waals surface area contributed by atoms with Crippen LogP contribution in [-0.2, 0) is 11.8 Å². The molecule has 0 radical (unpaired) electrons. The molecule has 0 amide bonds. The van der Waals surface area contributed by atoms with Crippen molar-refractivity contribution in [3.8, 4) is 5.69 Å². The molecule has 0 atom stereocenters. The van der Waals surface area contributed by atoms with Crippen molar-refractivity contribution in [2.24, 2.45) is 5.41 Å². The minimum Gasteiger partial charge on any atom is -0.478 e. The van der Waals surface area contributed by atoms with Crippen LogP contribution in [-0.4, -0.2) is 20.9 Å². The van der Waals surface area contributed by atoms with Crippen molar-refractivity contribution >= 4 is 5.97 Å². The first-order valence-corrected chi connectivity index (χ1v) is 9.27. The van der Waals surface area contributed by atoms with E-state index in [1.807, 2.05) is 30.7 Å². The van der Waals surface area contributed by atoms with E-state index in [9.17, 15) is 9.90 Å². The molecule has 0 fully saturated rings. The van der Waals surface area contributed by atoms with E-state index in [0.717, 1.165) is 11.4 Å². The molecule has 0 aliphatic heterocycles. The fraction of sp³-hybridized carbons (Fsp3) is 0.545. The van der Waals surface area contributed by atoms with E-state index in [2.05, 4.69) is 53.7 Å². The van der Waals surface area contributed by atoms with Crippen LogP contribution in [0, 0.1) is 5.41 Å². The first kappa shape index (κ1) is 20.2. The maximum atomic E-state index is 12.0. The first-order valence-electron chi connectivity index (χ1n) is 9.27. The van der Waals surface area contributed by atoms with Gasteiger partial charge in [0, 0.05) is 0 Å². The van der Waals surface area contributed by atoms with Gasteiger partial charge in [0.05, 0.1) is 17.1 Å². The molecule has 26 heavy (non-hydrogen) atoms. The van der Waals surface area contributed by atoms with E-state index >= 15 is 0 Å². The molecule has 0 saturated carbocycles. The predicted molar refractivity (Wildman–Crippen MR) is 106 cm³/mol. The Hall–Kier alpha value is -2.10. The summed E-state index contributed by atoms with van der Waals surface area (Å²) >= 11 is 0. The van der Waals surface area contributed by atoms with Crippen molar-refractivity contribution < 1.29 is 9.90 Å². The van der Waals surface area contributed by atoms with Gasteiger partial charge in [-0.25, -0.2) is 9.48 Å². The maximum absolute atomic E-state index is 12.0. The van der Waals surface area contributed by atoms with Crippen LogP contribution < -0.4 is 0 Å². The Balaban J connectivity index is 2.64. The van der Waals surface area contributed by atoms with Crippen molar-refractivity contribution in [3.63, 3.8) is 0 Å². The second-order valence-electron chi connectivity index (χ2n) is 9.61. The molecule has 4 nitrogen and oxygen atoms in total. The molecule has 0 spiro atoms. The van der Waals surface area contributed by atoms with Gasteiger partial charge in [0.2, 0.25) is 0 Å². The maximum Gasteiger partial charge on any atom is 0.339 e. The first-order chi connectivity index (χ1) is 11.8. The average molecular weight is 357 g/mol. The number of nitrogens with zero attached hydrogens (tertiary/aromatic N) is 2. The topological polar surface area (TPSA) is 55.1 Å². The highest BCUT2D eigenvalue weighted by molar-refractivity contribution is 5.90. The standard InChI is InChI=1S/C22H32N2O2/c1-14(2)19-18(20(25)26)17(13-21(3,4)5)23-24(19)16-11-9-15(10-12-16)22(6,7)8/h9-12,14H,13H2,1-8H3,(H,25,26). The number of carboxylic acid groups (broad SMARTS) is 1. The lowest BCUT2D eigenvalue weighted by Crippen LogP contribution is -2.13. The molecule has 1 N–H and O–H groups in total. The third-order valence-corrected chi connectivity index (χ3v) is 4.43. The lowest BCUT2D eigenvalue weighted by molar-refractivity contribution is 0.0693. The highest BCUT2D eigenvalue weighted by atomic mass is 16.4. The number of carboxylic acids is 1. The van der Waals surface area contributed by atoms with Crippen LogP contribution in [0.15, 0.2) is 24.3 Å². The van der Waals surface area contributed by atoms with E-state index in [1.165, 1.54) is 5.56 Å². The summed E-state index contributed by atoms with van der Waals surface area (Å²) < 4.78 is 1.82. The van der Waals surface area contributed by atoms with Gasteiger partial charge in [-0.2, -0.15) is 5.10 Å². The van der Waals surface area contributed by atoms with Gasteiger partial charge in [-0.1, -0.05) is 67.5 Å². The lowest BCUT2D eigenvalue weighted by Gasteiger charge is -2.19. The summed E-state index contributed by atoms with van der Waals surface area (Å²) in [6.07, 6.45) is 0.626. The average Bonchev–Trinajstić information content (AvgIpc) is 2.84. The zero-order chi connectivity index (χ0) is 19.9. The molecule has 0 aliphatic carbocycles. The zero-order valence-corrected chi connectivity index (χ0v) is 17.3. The number of hydrogen-bond donors (Lipinski definition) is 1. The van der Waals surface area contributed by atoms with Crippen molar-refractivity contribution in [1.29, 1.82) is 0 Å². The monoisotopic (exact) mass is 356 g/mol. The summed E-state index contributed by atoms with van der Waals surface area (Å²) in [5, 5.41) is 14.6. The minimum atomic E-state index is -0.898. The van der Waals surface area contributed by atoms with Crippen LogP contribution in [0.3, 0.4) is 0 Å². The summed E-state index contributed by atoms with van der Waals surface area (Å²) in [7, 11) is 0. The molecule has 0 bridgehead atoms. The molecule has 1 aromatic heterocycles. The molecule has 0 aliphatic rings. The van der Waals surface area contributed by atoms with Gasteiger partial charge in [0.1, 0.15) is 5.56 Å². The van der Waals surface area contributed by atoms with Crippen molar-refractivity contribution in [1.82, 2.24) is 9.78 Å². The fourth-order valence-electron chi connectivity index (χ4n) is 3.17. The van der Waals surface area contributed by atoms with E-state index in [-0.39, 0.29) is 16.7 Å². The number of carbonyl (C=O) groups is 1. The van der Waals surface area contributed by atoms with Crippen LogP contribution in [0.1, 0.15) is 88.6 Å². The van der Waals surface area contributed by atoms with Crippen LogP contribution in [0.4, 0.5) is 0 Å². The Morgan fingerprint density at radius 2 is 1.62 bits per heavy atom. The summed E-state index contributed by atoms with van der Waals surface area (Å²) in [5.41, 5.74) is 3.97. The van der Waals surface area contributed by atoms with Crippen LogP contribution in [0.5, 0.6) is 0 Å². The normalized spacial score (nSPS) is 12.7. The van der Waals surface area contributed by atoms with Gasteiger partial charge in [0.15, 0.2) is 0 Å². The molecule has 1 heterocycles. The Kier molecular flexibility index (Phi) is 5.36. The lowest BCUT2D eigenvalue weighted by atomic mass is 9.87. The molecule has 1 aromatic carbocycles. The van der Waals surface area contributed by atoms with Gasteiger partial charge in [-0.3, -0.25) is 0 Å². The van der Waals surface area contributed by atoms with Gasteiger partial charge in [-0.15, -0.1) is 0 Å². The number of hydrogen-bond acceptors (Lipinski definition) is 2. The number of benzene rings is 1. The van der Waals surface area contributed by atoms with Crippen LogP contribution in [0.2, 0.25) is 0 Å². The van der Waals surface area contributed by atoms with E-state index in [1.54, 1.807) is 0 Å². The van der Waals surface area contributed by atoms with Gasteiger partial charge < -0.3 is 5.11 Å². The zero-order valence-electron chi connectivity index (χ0n) is 17.3. The third-order valence-electron chi connectivity index (χ3n) is 4.43. The van der Waals surface area contributed by atoms with E-state index < -0.39 is 5.97 Å². The number of aromatic nitrogens is 2. The molecule has 4 heteroatoms. The summed E-state index contributed by atoms with van der Waals surface area (Å²) in [5.74, 6) is -0.838. The largest absolute Gasteiger partial charge is 0.478 e. The summed E-state index contributed by atoms with van der Waals surface area (Å²) in [4.78, 5) is 12.0. The SMILES string of the molecule is CC(C)c1c(C(=O)O)c(CC(C)(C)C)nn1-c1ccc(C(C)(C)C)cc1. The second kappa shape index (κ2) is 6.90. The molecule has 0 unspecified atom stereocenters. The smallest absolute Gasteiger partial charge is 0.339 e. The van der Waals surface area contributed by atoms with Gasteiger partial charge in [-0.05, 0) is 40.9 Å². The van der Waals surface area contributed by atoms with Crippen molar-refractivity contribution in [2.75, 3.05) is 0 Å². The highest BCUT2D eigenvalue weighted by Gasteiger charge is 2.28. The second-order valence-corrected chi connectivity index (χ2v) is 9.61. The van der Waals surface area contributed by atoms with Crippen LogP contribution >= 0.6 is 0 Å². The van der Waals surface area contributed by atoms with E-state index in [0.29, 0.717) is 17.7 Å². The van der Waals surface area contributed by atoms with Gasteiger partial charge >= 0.3 is 5.97 Å². The Bertz CT molecular complexity index is 785. The Morgan fingerprint density at radius 1 is 1.08 bits per heavy atom. The number of aromatic carboxylic acids is 1. The fourth-order valence-corrected chi connectivity index (χ4v) is 3.17. The molecular weight excluding hydrogens is 324 g/mol. The number of rotatable bonds is 4. The van der Waals surface area contributed by atoms with Crippen LogP contribution in [0.25, 0.3) is 5.69 Å². The van der Waals surface area contributed by atoms with Crippen molar-refractivity contribution in [3.05, 3.63) is 46.8 Å². The predicted octanol–water partition coefficient (Wildman–Crippen LogP) is 5.58. The van der Waals surface area contributed by atoms with Gasteiger partial charge in [0.25, 0.3) is 0 Å². The quantitative estimate of drug-likeness (QED) is 0.778. The van der Waals surface area contributed by atoms with Crippen molar-refractivity contribution in [2.45, 2.75) is 73.1 Å². The summed E-state index contributed by atoms with van der Waals surface area (Å²) in [6, 6.07) is 8.27.